The van der Waals surface area contributed by atoms with Crippen molar-refractivity contribution in [1.82, 2.24) is 14.9 Å². The summed E-state index contributed by atoms with van der Waals surface area (Å²) in [6, 6.07) is 1.38. The SMILES string of the molecule is Cc1cn(C2CCCCC2)c(N2C[C@@H]3CCCN[C@@H]3C2)n1. The normalized spacial score (nSPS) is 30.6. The Balaban J connectivity index is 1.57. The zero-order valence-electron chi connectivity index (χ0n) is 13.2. The third-order valence-electron chi connectivity index (χ3n) is 5.68. The summed E-state index contributed by atoms with van der Waals surface area (Å²) in [6.45, 7) is 5.68. The Morgan fingerprint density at radius 1 is 1.10 bits per heavy atom. The molecule has 4 heteroatoms. The summed E-state index contributed by atoms with van der Waals surface area (Å²) >= 11 is 0. The van der Waals surface area contributed by atoms with Gasteiger partial charge in [-0.3, -0.25) is 0 Å². The van der Waals surface area contributed by atoms with Gasteiger partial charge in [0.25, 0.3) is 0 Å². The molecule has 0 aromatic carbocycles. The van der Waals surface area contributed by atoms with Crippen LogP contribution in [0.5, 0.6) is 0 Å². The Bertz CT molecular complexity index is 475. The lowest BCUT2D eigenvalue weighted by molar-refractivity contribution is 0.339. The Labute approximate surface area is 127 Å². The van der Waals surface area contributed by atoms with Gasteiger partial charge in [-0.15, -0.1) is 0 Å². The van der Waals surface area contributed by atoms with Gasteiger partial charge in [0.2, 0.25) is 5.95 Å². The van der Waals surface area contributed by atoms with E-state index >= 15 is 0 Å². The van der Waals surface area contributed by atoms with Crippen LogP contribution in [0.3, 0.4) is 0 Å². The third-order valence-corrected chi connectivity index (χ3v) is 5.68. The maximum atomic E-state index is 4.89. The molecule has 4 nitrogen and oxygen atoms in total. The monoisotopic (exact) mass is 288 g/mol. The lowest BCUT2D eigenvalue weighted by atomic mass is 9.94. The lowest BCUT2D eigenvalue weighted by Gasteiger charge is -2.27. The van der Waals surface area contributed by atoms with Crippen molar-refractivity contribution < 1.29 is 0 Å². The number of nitrogens with one attached hydrogen (secondary N) is 1. The van der Waals surface area contributed by atoms with Crippen LogP contribution in [0.25, 0.3) is 0 Å². The number of nitrogens with zero attached hydrogens (tertiary/aromatic N) is 3. The number of rotatable bonds is 2. The van der Waals surface area contributed by atoms with Crippen LogP contribution in [0.15, 0.2) is 6.20 Å². The molecule has 3 aliphatic rings. The second-order valence-corrected chi connectivity index (χ2v) is 7.25. The summed E-state index contributed by atoms with van der Waals surface area (Å²) in [4.78, 5) is 7.44. The van der Waals surface area contributed by atoms with Gasteiger partial charge in [0.1, 0.15) is 0 Å². The van der Waals surface area contributed by atoms with Crippen molar-refractivity contribution in [1.29, 1.82) is 0 Å². The number of aromatic nitrogens is 2. The van der Waals surface area contributed by atoms with Gasteiger partial charge in [-0.25, -0.2) is 4.98 Å². The van der Waals surface area contributed by atoms with Gasteiger partial charge in [0.15, 0.2) is 0 Å². The highest BCUT2D eigenvalue weighted by Crippen LogP contribution is 2.34. The number of hydrogen-bond donors (Lipinski definition) is 1. The number of hydrogen-bond acceptors (Lipinski definition) is 3. The molecule has 0 amide bonds. The van der Waals surface area contributed by atoms with E-state index in [1.54, 1.807) is 0 Å². The molecule has 116 valence electrons. The Kier molecular flexibility index (Phi) is 3.66. The average Bonchev–Trinajstić information content (AvgIpc) is 3.11. The molecule has 2 saturated heterocycles. The zero-order chi connectivity index (χ0) is 14.2. The quantitative estimate of drug-likeness (QED) is 0.908. The first-order chi connectivity index (χ1) is 10.3. The highest BCUT2D eigenvalue weighted by atomic mass is 15.3. The molecule has 2 aliphatic heterocycles. The Morgan fingerprint density at radius 2 is 1.95 bits per heavy atom. The number of fused-ring (bicyclic) bond motifs is 1. The van der Waals surface area contributed by atoms with Gasteiger partial charge in [-0.1, -0.05) is 19.3 Å². The highest BCUT2D eigenvalue weighted by Gasteiger charge is 2.36. The summed E-state index contributed by atoms with van der Waals surface area (Å²) in [5.41, 5.74) is 1.18. The third kappa shape index (κ3) is 2.59. The topological polar surface area (TPSA) is 33.1 Å². The molecular formula is C17H28N4. The minimum Gasteiger partial charge on any atom is -0.340 e. The summed E-state index contributed by atoms with van der Waals surface area (Å²) in [6.07, 6.45) is 11.9. The first kappa shape index (κ1) is 13.6. The second kappa shape index (κ2) is 5.64. The smallest absolute Gasteiger partial charge is 0.206 e. The van der Waals surface area contributed by atoms with E-state index in [0.29, 0.717) is 12.1 Å². The number of imidazole rings is 1. The van der Waals surface area contributed by atoms with Gasteiger partial charge >= 0.3 is 0 Å². The van der Waals surface area contributed by atoms with Crippen molar-refractivity contribution in [2.24, 2.45) is 5.92 Å². The van der Waals surface area contributed by atoms with E-state index in [1.165, 1.54) is 69.7 Å². The van der Waals surface area contributed by atoms with Gasteiger partial charge in [-0.05, 0) is 45.1 Å². The first-order valence-corrected chi connectivity index (χ1v) is 8.85. The van der Waals surface area contributed by atoms with Crippen LogP contribution < -0.4 is 10.2 Å². The van der Waals surface area contributed by atoms with Crippen molar-refractivity contribution >= 4 is 5.95 Å². The van der Waals surface area contributed by atoms with E-state index in [9.17, 15) is 0 Å². The van der Waals surface area contributed by atoms with Crippen molar-refractivity contribution in [3.05, 3.63) is 11.9 Å². The standard InChI is InChI=1S/C17H28N4/c1-13-10-21(15-7-3-2-4-8-15)17(19-13)20-11-14-6-5-9-18-16(14)12-20/h10,14-16,18H,2-9,11-12H2,1H3/t14-,16+/m0/s1. The number of piperidine rings is 1. The molecular weight excluding hydrogens is 260 g/mol. The summed E-state index contributed by atoms with van der Waals surface area (Å²) < 4.78 is 2.51. The van der Waals surface area contributed by atoms with Crippen molar-refractivity contribution in [3.63, 3.8) is 0 Å². The van der Waals surface area contributed by atoms with E-state index in [0.717, 1.165) is 12.5 Å². The van der Waals surface area contributed by atoms with Crippen LogP contribution in [0, 0.1) is 12.8 Å². The first-order valence-electron chi connectivity index (χ1n) is 8.85. The molecule has 0 bridgehead atoms. The van der Waals surface area contributed by atoms with E-state index in [4.69, 9.17) is 4.98 Å². The lowest BCUT2D eigenvalue weighted by Crippen LogP contribution is -2.40. The maximum Gasteiger partial charge on any atom is 0.206 e. The van der Waals surface area contributed by atoms with Crippen molar-refractivity contribution in [2.45, 2.75) is 64.0 Å². The van der Waals surface area contributed by atoms with E-state index in [1.807, 2.05) is 0 Å². The molecule has 0 unspecified atom stereocenters. The summed E-state index contributed by atoms with van der Waals surface area (Å²) in [5.74, 6) is 2.08. The molecule has 21 heavy (non-hydrogen) atoms. The predicted octanol–water partition coefficient (Wildman–Crippen LogP) is 2.88. The number of aryl methyl sites for hydroxylation is 1. The fraction of sp³-hybridized carbons (Fsp3) is 0.824. The van der Waals surface area contributed by atoms with Gasteiger partial charge in [-0.2, -0.15) is 0 Å². The molecule has 3 heterocycles. The van der Waals surface area contributed by atoms with Crippen LogP contribution >= 0.6 is 0 Å². The molecule has 1 saturated carbocycles. The van der Waals surface area contributed by atoms with Crippen LogP contribution in [0.4, 0.5) is 5.95 Å². The van der Waals surface area contributed by atoms with Gasteiger partial charge < -0.3 is 14.8 Å². The largest absolute Gasteiger partial charge is 0.340 e. The molecule has 1 aromatic rings. The highest BCUT2D eigenvalue weighted by molar-refractivity contribution is 5.37. The van der Waals surface area contributed by atoms with Gasteiger partial charge in [0, 0.05) is 31.4 Å². The van der Waals surface area contributed by atoms with E-state index in [2.05, 4.69) is 27.9 Å². The van der Waals surface area contributed by atoms with Crippen molar-refractivity contribution in [2.75, 3.05) is 24.5 Å². The molecule has 0 spiro atoms. The maximum absolute atomic E-state index is 4.89. The molecule has 4 rings (SSSR count). The average molecular weight is 288 g/mol. The van der Waals surface area contributed by atoms with Crippen LogP contribution in [-0.2, 0) is 0 Å². The van der Waals surface area contributed by atoms with E-state index < -0.39 is 0 Å². The molecule has 2 atom stereocenters. The Morgan fingerprint density at radius 3 is 2.76 bits per heavy atom. The van der Waals surface area contributed by atoms with Gasteiger partial charge in [0.05, 0.1) is 5.69 Å². The molecule has 1 aromatic heterocycles. The fourth-order valence-electron chi connectivity index (χ4n) is 4.58. The minimum atomic E-state index is 0.686. The zero-order valence-corrected chi connectivity index (χ0v) is 13.2. The van der Waals surface area contributed by atoms with Crippen molar-refractivity contribution in [3.8, 4) is 0 Å². The van der Waals surface area contributed by atoms with E-state index in [-0.39, 0.29) is 0 Å². The summed E-state index contributed by atoms with van der Waals surface area (Å²) in [7, 11) is 0. The molecule has 1 aliphatic carbocycles. The Hall–Kier alpha value is -1.03. The molecule has 0 radical (unpaired) electrons. The number of anilines is 1. The fourth-order valence-corrected chi connectivity index (χ4v) is 4.58. The minimum absolute atomic E-state index is 0.686. The predicted molar refractivity (Wildman–Crippen MR) is 85.8 cm³/mol. The van der Waals surface area contributed by atoms with Crippen LogP contribution in [0.2, 0.25) is 0 Å². The van der Waals surface area contributed by atoms with Crippen LogP contribution in [0.1, 0.15) is 56.7 Å². The second-order valence-electron chi connectivity index (χ2n) is 7.25. The molecule has 1 N–H and O–H groups in total. The van der Waals surface area contributed by atoms with Crippen LogP contribution in [-0.4, -0.2) is 35.2 Å². The molecule has 3 fully saturated rings. The summed E-state index contributed by atoms with van der Waals surface area (Å²) in [5, 5.41) is 3.71.